The summed E-state index contributed by atoms with van der Waals surface area (Å²) in [6.07, 6.45) is 0. The fourth-order valence-electron chi connectivity index (χ4n) is 3.21. The number of Topliss-reactive ketones (excluding diaryl/α,β-unsaturated/α-hetero) is 1. The van der Waals surface area contributed by atoms with Gasteiger partial charge in [0.2, 0.25) is 0 Å². The van der Waals surface area contributed by atoms with Gasteiger partial charge in [0.05, 0.1) is 24.4 Å². The van der Waals surface area contributed by atoms with Gasteiger partial charge in [0.15, 0.2) is 22.5 Å². The fourth-order valence-corrected chi connectivity index (χ4v) is 3.43. The van der Waals surface area contributed by atoms with Crippen LogP contribution >= 0.6 is 12.2 Å². The van der Waals surface area contributed by atoms with Crippen LogP contribution in [0.5, 0.6) is 5.75 Å². The van der Waals surface area contributed by atoms with Crippen LogP contribution in [0.1, 0.15) is 27.5 Å². The Morgan fingerprint density at radius 3 is 2.62 bits per heavy atom. The fraction of sp³-hybridized carbons (Fsp3) is 0.111. The number of carbonyl (C=O) groups is 1. The highest BCUT2D eigenvalue weighted by atomic mass is 32.1. The molecular formula is C18H13FN2O2S. The zero-order chi connectivity index (χ0) is 16.8. The van der Waals surface area contributed by atoms with Crippen LogP contribution in [0.25, 0.3) is 5.70 Å². The lowest BCUT2D eigenvalue weighted by molar-refractivity contribution is 0.103. The molecule has 1 unspecified atom stereocenters. The summed E-state index contributed by atoms with van der Waals surface area (Å²) in [4.78, 5) is 12.9. The standard InChI is InChI=1S/C18H13FN2O2S/c1-23-12-8-4-7-11(14(12)19)16-13-15(20-18(24)21-16)9-5-2-3-6-10(9)17(13)22/h2-8,16H,1H3,(H2,20,21,24). The molecule has 4 rings (SSSR count). The molecule has 2 N–H and O–H groups in total. The van der Waals surface area contributed by atoms with Gasteiger partial charge in [0.25, 0.3) is 0 Å². The van der Waals surface area contributed by atoms with E-state index in [-0.39, 0.29) is 11.5 Å². The van der Waals surface area contributed by atoms with Crippen molar-refractivity contribution >= 4 is 28.8 Å². The Balaban J connectivity index is 1.91. The van der Waals surface area contributed by atoms with Gasteiger partial charge in [-0.15, -0.1) is 0 Å². The van der Waals surface area contributed by atoms with E-state index in [1.165, 1.54) is 7.11 Å². The minimum absolute atomic E-state index is 0.129. The highest BCUT2D eigenvalue weighted by Crippen LogP contribution is 2.41. The second-order valence-corrected chi connectivity index (χ2v) is 5.97. The topological polar surface area (TPSA) is 50.4 Å². The van der Waals surface area contributed by atoms with Gasteiger partial charge in [0, 0.05) is 16.7 Å². The normalized spacial score (nSPS) is 18.7. The van der Waals surface area contributed by atoms with Gasteiger partial charge in [-0.2, -0.15) is 0 Å². The number of ketones is 1. The Hall–Kier alpha value is -2.73. The zero-order valence-electron chi connectivity index (χ0n) is 12.7. The summed E-state index contributed by atoms with van der Waals surface area (Å²) in [6, 6.07) is 11.5. The van der Waals surface area contributed by atoms with E-state index in [1.54, 1.807) is 24.3 Å². The summed E-state index contributed by atoms with van der Waals surface area (Å²) >= 11 is 5.26. The summed E-state index contributed by atoms with van der Waals surface area (Å²) in [6.45, 7) is 0. The number of hydrogen-bond acceptors (Lipinski definition) is 3. The third kappa shape index (κ3) is 2.03. The van der Waals surface area contributed by atoms with E-state index in [9.17, 15) is 9.18 Å². The highest BCUT2D eigenvalue weighted by molar-refractivity contribution is 7.80. The lowest BCUT2D eigenvalue weighted by Gasteiger charge is -2.28. The number of carbonyl (C=O) groups excluding carboxylic acids is 1. The lowest BCUT2D eigenvalue weighted by atomic mass is 9.94. The first-order valence-electron chi connectivity index (χ1n) is 7.40. The summed E-state index contributed by atoms with van der Waals surface area (Å²) in [7, 11) is 1.41. The predicted molar refractivity (Wildman–Crippen MR) is 92.3 cm³/mol. The molecular weight excluding hydrogens is 327 g/mol. The van der Waals surface area contributed by atoms with Crippen molar-refractivity contribution < 1.29 is 13.9 Å². The van der Waals surface area contributed by atoms with E-state index < -0.39 is 11.9 Å². The molecule has 1 aliphatic heterocycles. The van der Waals surface area contributed by atoms with Crippen molar-refractivity contribution in [1.29, 1.82) is 0 Å². The molecule has 120 valence electrons. The van der Waals surface area contributed by atoms with Crippen LogP contribution in [-0.2, 0) is 0 Å². The number of methoxy groups -OCH3 is 1. The Morgan fingerprint density at radius 2 is 1.88 bits per heavy atom. The van der Waals surface area contributed by atoms with Gasteiger partial charge in [0.1, 0.15) is 0 Å². The first-order valence-corrected chi connectivity index (χ1v) is 7.81. The molecule has 0 bridgehead atoms. The Bertz CT molecular complexity index is 923. The molecule has 0 spiro atoms. The van der Waals surface area contributed by atoms with Crippen molar-refractivity contribution in [1.82, 2.24) is 10.6 Å². The molecule has 0 radical (unpaired) electrons. The second-order valence-electron chi connectivity index (χ2n) is 5.56. The van der Waals surface area contributed by atoms with E-state index in [4.69, 9.17) is 17.0 Å². The average Bonchev–Trinajstić information content (AvgIpc) is 2.88. The summed E-state index contributed by atoms with van der Waals surface area (Å²) < 4.78 is 19.8. The number of ether oxygens (including phenoxy) is 1. The molecule has 0 saturated heterocycles. The van der Waals surface area contributed by atoms with E-state index in [0.29, 0.717) is 27.5 Å². The van der Waals surface area contributed by atoms with E-state index >= 15 is 0 Å². The molecule has 0 saturated carbocycles. The van der Waals surface area contributed by atoms with Crippen LogP contribution in [0.15, 0.2) is 48.0 Å². The molecule has 1 heterocycles. The molecule has 0 aromatic heterocycles. The van der Waals surface area contributed by atoms with Crippen LogP contribution in [-0.4, -0.2) is 18.0 Å². The molecule has 24 heavy (non-hydrogen) atoms. The van der Waals surface area contributed by atoms with Crippen molar-refractivity contribution in [2.45, 2.75) is 6.04 Å². The van der Waals surface area contributed by atoms with E-state index in [2.05, 4.69) is 10.6 Å². The quantitative estimate of drug-likeness (QED) is 0.823. The monoisotopic (exact) mass is 340 g/mol. The number of rotatable bonds is 2. The van der Waals surface area contributed by atoms with Crippen LogP contribution in [0.3, 0.4) is 0 Å². The van der Waals surface area contributed by atoms with Gasteiger partial charge in [-0.1, -0.05) is 36.4 Å². The summed E-state index contributed by atoms with van der Waals surface area (Å²) in [5.74, 6) is -0.503. The highest BCUT2D eigenvalue weighted by Gasteiger charge is 2.39. The number of fused-ring (bicyclic) bond motifs is 2. The van der Waals surface area contributed by atoms with Gasteiger partial charge >= 0.3 is 0 Å². The Labute approximate surface area is 143 Å². The number of hydrogen-bond donors (Lipinski definition) is 2. The van der Waals surface area contributed by atoms with Gasteiger partial charge in [-0.05, 0) is 18.3 Å². The van der Waals surface area contributed by atoms with Crippen LogP contribution < -0.4 is 15.4 Å². The largest absolute Gasteiger partial charge is 0.494 e. The zero-order valence-corrected chi connectivity index (χ0v) is 13.5. The van der Waals surface area contributed by atoms with Crippen LogP contribution in [0.4, 0.5) is 4.39 Å². The van der Waals surface area contributed by atoms with Gasteiger partial charge < -0.3 is 15.4 Å². The van der Waals surface area contributed by atoms with Crippen LogP contribution in [0.2, 0.25) is 0 Å². The molecule has 1 aliphatic carbocycles. The first kappa shape index (κ1) is 14.8. The van der Waals surface area contributed by atoms with Gasteiger partial charge in [-0.3, -0.25) is 4.79 Å². The second kappa shape index (κ2) is 5.42. The number of halogens is 1. The molecule has 2 aliphatic rings. The third-order valence-electron chi connectivity index (χ3n) is 4.28. The molecule has 6 heteroatoms. The maximum atomic E-state index is 14.7. The van der Waals surface area contributed by atoms with Crippen molar-refractivity contribution in [3.8, 4) is 5.75 Å². The molecule has 0 amide bonds. The smallest absolute Gasteiger partial charge is 0.194 e. The first-order chi connectivity index (χ1) is 11.6. The summed E-state index contributed by atoms with van der Waals surface area (Å²) in [5.41, 5.74) is 2.82. The maximum absolute atomic E-state index is 14.7. The molecule has 1 atom stereocenters. The van der Waals surface area contributed by atoms with Crippen molar-refractivity contribution in [3.05, 3.63) is 70.5 Å². The van der Waals surface area contributed by atoms with Crippen molar-refractivity contribution in [2.24, 2.45) is 0 Å². The van der Waals surface area contributed by atoms with E-state index in [1.807, 2.05) is 18.2 Å². The lowest BCUT2D eigenvalue weighted by Crippen LogP contribution is -2.43. The van der Waals surface area contributed by atoms with Crippen molar-refractivity contribution in [2.75, 3.05) is 7.11 Å². The SMILES string of the molecule is COc1cccc(C2NC(=S)NC3=C2C(=O)c2ccccc23)c1F. The molecule has 4 nitrogen and oxygen atoms in total. The Morgan fingerprint density at radius 1 is 1.12 bits per heavy atom. The predicted octanol–water partition coefficient (Wildman–Crippen LogP) is 2.96. The Kier molecular flexibility index (Phi) is 3.35. The van der Waals surface area contributed by atoms with Gasteiger partial charge in [-0.25, -0.2) is 4.39 Å². The molecule has 2 aromatic carbocycles. The minimum atomic E-state index is -0.663. The summed E-state index contributed by atoms with van der Waals surface area (Å²) in [5, 5.41) is 6.40. The van der Waals surface area contributed by atoms with Crippen LogP contribution in [0, 0.1) is 5.82 Å². The third-order valence-corrected chi connectivity index (χ3v) is 4.50. The average molecular weight is 340 g/mol. The van der Waals surface area contributed by atoms with E-state index in [0.717, 1.165) is 5.56 Å². The number of nitrogens with one attached hydrogen (secondary N) is 2. The molecule has 0 fully saturated rings. The minimum Gasteiger partial charge on any atom is -0.494 e. The number of benzene rings is 2. The maximum Gasteiger partial charge on any atom is 0.194 e. The molecule has 2 aromatic rings. The van der Waals surface area contributed by atoms with Crippen molar-refractivity contribution in [3.63, 3.8) is 0 Å². The number of thiocarbonyl (C=S) groups is 1.